The Bertz CT molecular complexity index is 413. The van der Waals surface area contributed by atoms with Gasteiger partial charge in [-0.1, -0.05) is 31.1 Å². The standard InChI is InChI=1S/C12H18N2O2S/c1-3-9(6-8-4-5-8)14-12-13-7(2)10(17-12)11(15)16/h8-9H,3-6H2,1-2H3,(H,13,14)(H,15,16). The van der Waals surface area contributed by atoms with Crippen molar-refractivity contribution >= 4 is 22.4 Å². The quantitative estimate of drug-likeness (QED) is 0.818. The van der Waals surface area contributed by atoms with Crippen molar-refractivity contribution in [3.8, 4) is 0 Å². The number of carboxylic acids is 1. The summed E-state index contributed by atoms with van der Waals surface area (Å²) in [6, 6.07) is 0.426. The molecule has 1 unspecified atom stereocenters. The minimum Gasteiger partial charge on any atom is -0.477 e. The van der Waals surface area contributed by atoms with Crippen molar-refractivity contribution in [3.05, 3.63) is 10.6 Å². The first kappa shape index (κ1) is 12.4. The molecule has 4 nitrogen and oxygen atoms in total. The summed E-state index contributed by atoms with van der Waals surface area (Å²) in [5.74, 6) is -0.0178. The molecule has 1 aliphatic carbocycles. The first-order chi connectivity index (χ1) is 8.10. The van der Waals surface area contributed by atoms with Crippen LogP contribution in [0.2, 0.25) is 0 Å². The Balaban J connectivity index is 2.00. The number of hydrogen-bond donors (Lipinski definition) is 2. The molecule has 0 bridgehead atoms. The first-order valence-corrected chi connectivity index (χ1v) is 6.89. The molecule has 0 amide bonds. The van der Waals surface area contributed by atoms with Gasteiger partial charge in [0.25, 0.3) is 0 Å². The van der Waals surface area contributed by atoms with Crippen LogP contribution in [0.3, 0.4) is 0 Å². The summed E-state index contributed by atoms with van der Waals surface area (Å²) in [5.41, 5.74) is 0.603. The summed E-state index contributed by atoms with van der Waals surface area (Å²) >= 11 is 1.24. The second-order valence-electron chi connectivity index (χ2n) is 4.67. The van der Waals surface area contributed by atoms with Gasteiger partial charge >= 0.3 is 5.97 Å². The minimum atomic E-state index is -0.886. The Hall–Kier alpha value is -1.10. The molecule has 1 saturated carbocycles. The van der Waals surface area contributed by atoms with E-state index in [1.165, 1.54) is 30.6 Å². The molecule has 0 radical (unpaired) electrons. The fourth-order valence-electron chi connectivity index (χ4n) is 1.91. The average molecular weight is 254 g/mol. The van der Waals surface area contributed by atoms with Gasteiger partial charge in [0.2, 0.25) is 0 Å². The molecule has 17 heavy (non-hydrogen) atoms. The van der Waals surface area contributed by atoms with E-state index >= 15 is 0 Å². The number of nitrogens with one attached hydrogen (secondary N) is 1. The number of hydrogen-bond acceptors (Lipinski definition) is 4. The molecule has 1 aliphatic rings. The van der Waals surface area contributed by atoms with Crippen molar-refractivity contribution in [3.63, 3.8) is 0 Å². The van der Waals surface area contributed by atoms with Crippen LogP contribution in [-0.4, -0.2) is 22.1 Å². The average Bonchev–Trinajstić information content (AvgIpc) is 3.00. The highest BCUT2D eigenvalue weighted by Crippen LogP contribution is 2.35. The lowest BCUT2D eigenvalue weighted by molar-refractivity contribution is 0.0701. The van der Waals surface area contributed by atoms with Crippen molar-refractivity contribution < 1.29 is 9.90 Å². The van der Waals surface area contributed by atoms with E-state index in [9.17, 15) is 4.79 Å². The van der Waals surface area contributed by atoms with E-state index in [4.69, 9.17) is 5.11 Å². The zero-order valence-corrected chi connectivity index (χ0v) is 11.0. The summed E-state index contributed by atoms with van der Waals surface area (Å²) in [4.78, 5) is 15.5. The Morgan fingerprint density at radius 2 is 2.35 bits per heavy atom. The largest absolute Gasteiger partial charge is 0.477 e. The molecule has 2 N–H and O–H groups in total. The van der Waals surface area contributed by atoms with Crippen LogP contribution in [0, 0.1) is 12.8 Å². The van der Waals surface area contributed by atoms with Gasteiger partial charge in [-0.2, -0.15) is 0 Å². The van der Waals surface area contributed by atoms with Crippen molar-refractivity contribution in [1.29, 1.82) is 0 Å². The molecular weight excluding hydrogens is 236 g/mol. The summed E-state index contributed by atoms with van der Waals surface area (Å²) in [6.07, 6.45) is 4.92. The van der Waals surface area contributed by atoms with Gasteiger partial charge in [0.05, 0.1) is 5.69 Å². The lowest BCUT2D eigenvalue weighted by atomic mass is 10.1. The van der Waals surface area contributed by atoms with E-state index in [1.807, 2.05) is 0 Å². The maximum atomic E-state index is 10.9. The summed E-state index contributed by atoms with van der Waals surface area (Å²) in [5, 5.41) is 13.1. The number of carbonyl (C=O) groups is 1. The topological polar surface area (TPSA) is 62.2 Å². The van der Waals surface area contributed by atoms with E-state index < -0.39 is 5.97 Å². The monoisotopic (exact) mass is 254 g/mol. The van der Waals surface area contributed by atoms with Crippen LogP contribution < -0.4 is 5.32 Å². The van der Waals surface area contributed by atoms with Crippen LogP contribution in [0.25, 0.3) is 0 Å². The predicted octanol–water partition coefficient (Wildman–Crippen LogP) is 3.14. The van der Waals surface area contributed by atoms with Gasteiger partial charge in [0.1, 0.15) is 4.88 Å². The molecule has 1 aromatic heterocycles. The highest BCUT2D eigenvalue weighted by molar-refractivity contribution is 7.17. The molecule has 1 atom stereocenters. The molecule has 2 rings (SSSR count). The fraction of sp³-hybridized carbons (Fsp3) is 0.667. The number of aryl methyl sites for hydroxylation is 1. The zero-order chi connectivity index (χ0) is 12.4. The third-order valence-corrected chi connectivity index (χ3v) is 4.20. The van der Waals surface area contributed by atoms with Gasteiger partial charge in [0, 0.05) is 6.04 Å². The second kappa shape index (κ2) is 5.04. The number of aromatic nitrogens is 1. The second-order valence-corrected chi connectivity index (χ2v) is 5.67. The van der Waals surface area contributed by atoms with Crippen LogP contribution in [0.5, 0.6) is 0 Å². The third-order valence-electron chi connectivity index (χ3n) is 3.13. The van der Waals surface area contributed by atoms with Crippen molar-refractivity contribution in [2.75, 3.05) is 5.32 Å². The van der Waals surface area contributed by atoms with Gasteiger partial charge < -0.3 is 10.4 Å². The molecule has 5 heteroatoms. The minimum absolute atomic E-state index is 0.341. The molecule has 1 fully saturated rings. The van der Waals surface area contributed by atoms with Gasteiger partial charge in [-0.05, 0) is 25.7 Å². The van der Waals surface area contributed by atoms with Crippen LogP contribution in [-0.2, 0) is 0 Å². The number of rotatable bonds is 6. The molecule has 0 aromatic carbocycles. The number of aromatic carboxylic acids is 1. The van der Waals surface area contributed by atoms with Crippen LogP contribution in [0.15, 0.2) is 0 Å². The number of nitrogens with zero attached hydrogens (tertiary/aromatic N) is 1. The van der Waals surface area contributed by atoms with E-state index in [1.54, 1.807) is 6.92 Å². The van der Waals surface area contributed by atoms with Crippen LogP contribution >= 0.6 is 11.3 Å². The summed E-state index contributed by atoms with van der Waals surface area (Å²) in [6.45, 7) is 3.89. The van der Waals surface area contributed by atoms with Crippen LogP contribution in [0.1, 0.15) is 48.0 Å². The smallest absolute Gasteiger partial charge is 0.347 e. The number of carboxylic acid groups (broad SMARTS) is 1. The number of anilines is 1. The van der Waals surface area contributed by atoms with E-state index in [0.29, 0.717) is 16.6 Å². The lowest BCUT2D eigenvalue weighted by Crippen LogP contribution is -2.18. The van der Waals surface area contributed by atoms with E-state index in [-0.39, 0.29) is 0 Å². The van der Waals surface area contributed by atoms with Gasteiger partial charge in [-0.15, -0.1) is 0 Å². The first-order valence-electron chi connectivity index (χ1n) is 6.07. The molecule has 94 valence electrons. The maximum absolute atomic E-state index is 10.9. The lowest BCUT2D eigenvalue weighted by Gasteiger charge is -2.15. The predicted molar refractivity (Wildman–Crippen MR) is 68.9 cm³/mol. The maximum Gasteiger partial charge on any atom is 0.347 e. The van der Waals surface area contributed by atoms with Crippen molar-refractivity contribution in [1.82, 2.24) is 4.98 Å². The third kappa shape index (κ3) is 3.19. The molecule has 0 saturated heterocycles. The summed E-state index contributed by atoms with van der Waals surface area (Å²) < 4.78 is 0. The normalized spacial score (nSPS) is 16.8. The highest BCUT2D eigenvalue weighted by atomic mass is 32.1. The Kier molecular flexibility index (Phi) is 3.66. The van der Waals surface area contributed by atoms with Crippen molar-refractivity contribution in [2.45, 2.75) is 45.6 Å². The van der Waals surface area contributed by atoms with E-state index in [2.05, 4.69) is 17.2 Å². The van der Waals surface area contributed by atoms with Gasteiger partial charge in [-0.3, -0.25) is 0 Å². The van der Waals surface area contributed by atoms with Crippen LogP contribution in [0.4, 0.5) is 5.13 Å². The molecule has 0 spiro atoms. The zero-order valence-electron chi connectivity index (χ0n) is 10.2. The SMILES string of the molecule is CCC(CC1CC1)Nc1nc(C)c(C(=O)O)s1. The van der Waals surface area contributed by atoms with Crippen molar-refractivity contribution in [2.24, 2.45) is 5.92 Å². The number of thiazole rings is 1. The Morgan fingerprint density at radius 1 is 1.65 bits per heavy atom. The Labute approximate surface area is 105 Å². The van der Waals surface area contributed by atoms with Gasteiger partial charge in [-0.25, -0.2) is 9.78 Å². The summed E-state index contributed by atoms with van der Waals surface area (Å²) in [7, 11) is 0. The molecule has 0 aliphatic heterocycles. The fourth-order valence-corrected chi connectivity index (χ4v) is 2.80. The van der Waals surface area contributed by atoms with E-state index in [0.717, 1.165) is 17.5 Å². The van der Waals surface area contributed by atoms with Gasteiger partial charge in [0.15, 0.2) is 5.13 Å². The molecule has 1 heterocycles. The highest BCUT2D eigenvalue weighted by Gasteiger charge is 2.25. The molecule has 1 aromatic rings. The Morgan fingerprint density at radius 3 is 2.82 bits per heavy atom. The molecular formula is C12H18N2O2S.